The smallest absolute Gasteiger partial charge is 0.255 e. The van der Waals surface area contributed by atoms with Crippen molar-refractivity contribution in [2.45, 2.75) is 63.6 Å². The molecule has 5 heteroatoms. The number of ether oxygens (including phenoxy) is 1. The number of methoxy groups -OCH3 is 1. The number of nitrogens with zero attached hydrogens (tertiary/aromatic N) is 1. The first kappa shape index (κ1) is 20.5. The van der Waals surface area contributed by atoms with Crippen molar-refractivity contribution in [2.24, 2.45) is 0 Å². The molecule has 1 aliphatic carbocycles. The van der Waals surface area contributed by atoms with Crippen molar-refractivity contribution >= 4 is 11.8 Å². The largest absolute Gasteiger partial charge is 0.497 e. The summed E-state index contributed by atoms with van der Waals surface area (Å²) in [4.78, 5) is 28.7. The van der Waals surface area contributed by atoms with E-state index in [1.165, 1.54) is 6.42 Å². The van der Waals surface area contributed by atoms with E-state index in [1.807, 2.05) is 55.5 Å². The van der Waals surface area contributed by atoms with Crippen LogP contribution in [0, 0.1) is 0 Å². The average molecular weight is 407 g/mol. The zero-order valence-corrected chi connectivity index (χ0v) is 17.8. The van der Waals surface area contributed by atoms with Gasteiger partial charge in [-0.05, 0) is 49.1 Å². The minimum Gasteiger partial charge on any atom is -0.497 e. The highest BCUT2D eigenvalue weighted by molar-refractivity contribution is 6.02. The van der Waals surface area contributed by atoms with Gasteiger partial charge in [-0.15, -0.1) is 0 Å². The van der Waals surface area contributed by atoms with Gasteiger partial charge < -0.3 is 15.0 Å². The van der Waals surface area contributed by atoms with Gasteiger partial charge in [-0.3, -0.25) is 9.59 Å². The molecule has 1 N–H and O–H groups in total. The zero-order chi connectivity index (χ0) is 21.1. The standard InChI is InChI=1S/C25H30N2O3/c1-25(24(29)26-20-9-4-3-5-10-20)16-19-8-6-7-11-22(19)23(28)27(25)17-18-12-14-21(30-2)15-13-18/h6-8,11-15,20H,3-5,9-10,16-17H2,1-2H3,(H,26,29). The van der Waals surface area contributed by atoms with Crippen molar-refractivity contribution in [1.29, 1.82) is 0 Å². The van der Waals surface area contributed by atoms with Crippen LogP contribution < -0.4 is 10.1 Å². The van der Waals surface area contributed by atoms with Crippen molar-refractivity contribution < 1.29 is 14.3 Å². The van der Waals surface area contributed by atoms with Crippen LogP contribution in [0.2, 0.25) is 0 Å². The van der Waals surface area contributed by atoms with Crippen LogP contribution in [0.15, 0.2) is 48.5 Å². The summed E-state index contributed by atoms with van der Waals surface area (Å²) in [5, 5.41) is 3.26. The topological polar surface area (TPSA) is 58.6 Å². The number of hydrogen-bond acceptors (Lipinski definition) is 3. The molecule has 0 aromatic heterocycles. The quantitative estimate of drug-likeness (QED) is 0.813. The normalized spacial score (nSPS) is 21.8. The summed E-state index contributed by atoms with van der Waals surface area (Å²) in [6.45, 7) is 2.29. The Kier molecular flexibility index (Phi) is 5.80. The monoisotopic (exact) mass is 406 g/mol. The second kappa shape index (κ2) is 8.50. The van der Waals surface area contributed by atoms with Gasteiger partial charge >= 0.3 is 0 Å². The fourth-order valence-corrected chi connectivity index (χ4v) is 4.67. The molecular weight excluding hydrogens is 376 g/mol. The Bertz CT molecular complexity index is 918. The first-order valence-electron chi connectivity index (χ1n) is 10.8. The molecule has 4 rings (SSSR count). The minimum atomic E-state index is -0.928. The van der Waals surface area contributed by atoms with E-state index in [-0.39, 0.29) is 17.9 Å². The molecule has 2 amide bonds. The van der Waals surface area contributed by atoms with E-state index in [4.69, 9.17) is 4.74 Å². The Morgan fingerprint density at radius 3 is 2.50 bits per heavy atom. The van der Waals surface area contributed by atoms with Crippen LogP contribution in [0.3, 0.4) is 0 Å². The molecule has 0 bridgehead atoms. The minimum absolute atomic E-state index is 0.0502. The molecule has 1 fully saturated rings. The number of fused-ring (bicyclic) bond motifs is 1. The average Bonchev–Trinajstić information content (AvgIpc) is 2.78. The summed E-state index contributed by atoms with van der Waals surface area (Å²) in [5.41, 5.74) is 1.67. The fourth-order valence-electron chi connectivity index (χ4n) is 4.67. The lowest BCUT2D eigenvalue weighted by Crippen LogP contribution is -2.63. The molecule has 2 aromatic rings. The van der Waals surface area contributed by atoms with E-state index in [0.717, 1.165) is 42.6 Å². The first-order chi connectivity index (χ1) is 14.5. The first-order valence-corrected chi connectivity index (χ1v) is 10.8. The second-order valence-electron chi connectivity index (χ2n) is 8.66. The Hall–Kier alpha value is -2.82. The van der Waals surface area contributed by atoms with E-state index < -0.39 is 5.54 Å². The Balaban J connectivity index is 1.65. The van der Waals surface area contributed by atoms with Crippen LogP contribution in [-0.2, 0) is 17.8 Å². The molecular formula is C25H30N2O3. The van der Waals surface area contributed by atoms with Crippen molar-refractivity contribution in [3.05, 3.63) is 65.2 Å². The Morgan fingerprint density at radius 2 is 1.80 bits per heavy atom. The highest BCUT2D eigenvalue weighted by Gasteiger charge is 2.47. The number of nitrogens with one attached hydrogen (secondary N) is 1. The predicted molar refractivity (Wildman–Crippen MR) is 116 cm³/mol. The van der Waals surface area contributed by atoms with E-state index >= 15 is 0 Å². The fraction of sp³-hybridized carbons (Fsp3) is 0.440. The van der Waals surface area contributed by atoms with Gasteiger partial charge in [0.2, 0.25) is 5.91 Å². The lowest BCUT2D eigenvalue weighted by atomic mass is 9.82. The summed E-state index contributed by atoms with van der Waals surface area (Å²) >= 11 is 0. The third-order valence-electron chi connectivity index (χ3n) is 6.55. The number of hydrogen-bond donors (Lipinski definition) is 1. The maximum Gasteiger partial charge on any atom is 0.255 e. The van der Waals surface area contributed by atoms with Gasteiger partial charge in [-0.2, -0.15) is 0 Å². The number of carbonyl (C=O) groups excluding carboxylic acids is 2. The third-order valence-corrected chi connectivity index (χ3v) is 6.55. The summed E-state index contributed by atoms with van der Waals surface area (Å²) in [7, 11) is 1.63. The molecule has 5 nitrogen and oxygen atoms in total. The van der Waals surface area contributed by atoms with Gasteiger partial charge in [0.1, 0.15) is 11.3 Å². The van der Waals surface area contributed by atoms with Crippen molar-refractivity contribution in [3.8, 4) is 5.75 Å². The van der Waals surface area contributed by atoms with E-state index in [0.29, 0.717) is 18.5 Å². The van der Waals surface area contributed by atoms with Crippen LogP contribution in [0.1, 0.15) is 60.5 Å². The van der Waals surface area contributed by atoms with E-state index in [9.17, 15) is 9.59 Å². The summed E-state index contributed by atoms with van der Waals surface area (Å²) < 4.78 is 5.25. The molecule has 0 spiro atoms. The molecule has 1 atom stereocenters. The van der Waals surface area contributed by atoms with Gasteiger partial charge in [-0.25, -0.2) is 0 Å². The lowest BCUT2D eigenvalue weighted by Gasteiger charge is -2.45. The molecule has 2 aromatic carbocycles. The number of benzene rings is 2. The number of rotatable bonds is 5. The number of carbonyl (C=O) groups is 2. The van der Waals surface area contributed by atoms with Crippen molar-refractivity contribution in [2.75, 3.05) is 7.11 Å². The summed E-state index contributed by atoms with van der Waals surface area (Å²) in [6.07, 6.45) is 6.09. The third kappa shape index (κ3) is 3.93. The van der Waals surface area contributed by atoms with Gasteiger partial charge in [0.15, 0.2) is 0 Å². The van der Waals surface area contributed by atoms with E-state index in [1.54, 1.807) is 12.0 Å². The summed E-state index contributed by atoms with van der Waals surface area (Å²) in [5.74, 6) is 0.631. The molecule has 30 heavy (non-hydrogen) atoms. The molecule has 2 aliphatic rings. The van der Waals surface area contributed by atoms with Gasteiger partial charge in [0, 0.05) is 24.6 Å². The highest BCUT2D eigenvalue weighted by atomic mass is 16.5. The molecule has 1 heterocycles. The summed E-state index contributed by atoms with van der Waals surface area (Å²) in [6, 6.07) is 15.5. The van der Waals surface area contributed by atoms with Crippen LogP contribution in [-0.4, -0.2) is 35.4 Å². The lowest BCUT2D eigenvalue weighted by molar-refractivity contribution is -0.133. The van der Waals surface area contributed by atoms with Gasteiger partial charge in [0.05, 0.1) is 7.11 Å². The maximum atomic E-state index is 13.5. The van der Waals surface area contributed by atoms with E-state index in [2.05, 4.69) is 5.32 Å². The molecule has 1 unspecified atom stereocenters. The number of amides is 2. The van der Waals surface area contributed by atoms with Crippen LogP contribution in [0.25, 0.3) is 0 Å². The zero-order valence-electron chi connectivity index (χ0n) is 17.8. The van der Waals surface area contributed by atoms with Crippen LogP contribution in [0.4, 0.5) is 0 Å². The molecule has 0 saturated heterocycles. The Labute approximate surface area is 178 Å². The maximum absolute atomic E-state index is 13.5. The van der Waals surface area contributed by atoms with Gasteiger partial charge in [0.25, 0.3) is 5.91 Å². The van der Waals surface area contributed by atoms with Crippen molar-refractivity contribution in [1.82, 2.24) is 10.2 Å². The highest BCUT2D eigenvalue weighted by Crippen LogP contribution is 2.33. The Morgan fingerprint density at radius 1 is 1.10 bits per heavy atom. The second-order valence-corrected chi connectivity index (χ2v) is 8.66. The van der Waals surface area contributed by atoms with Crippen LogP contribution >= 0.6 is 0 Å². The molecule has 1 aliphatic heterocycles. The SMILES string of the molecule is COc1ccc(CN2C(=O)c3ccccc3CC2(C)C(=O)NC2CCCCC2)cc1. The molecule has 1 saturated carbocycles. The van der Waals surface area contributed by atoms with Gasteiger partial charge in [-0.1, -0.05) is 49.6 Å². The molecule has 0 radical (unpaired) electrons. The predicted octanol–water partition coefficient (Wildman–Crippen LogP) is 4.10. The van der Waals surface area contributed by atoms with Crippen LogP contribution in [0.5, 0.6) is 5.75 Å². The molecule has 158 valence electrons. The van der Waals surface area contributed by atoms with Crippen molar-refractivity contribution in [3.63, 3.8) is 0 Å².